The van der Waals surface area contributed by atoms with Crippen LogP contribution in [-0.4, -0.2) is 18.0 Å². The van der Waals surface area contributed by atoms with Gasteiger partial charge in [0.1, 0.15) is 11.5 Å². The number of aryl methyl sites for hydroxylation is 1. The third kappa shape index (κ3) is 4.84. The van der Waals surface area contributed by atoms with Crippen molar-refractivity contribution in [1.82, 2.24) is 0 Å². The van der Waals surface area contributed by atoms with Crippen molar-refractivity contribution >= 4 is 28.5 Å². The van der Waals surface area contributed by atoms with E-state index >= 15 is 0 Å². The molecule has 0 aliphatic rings. The second-order valence-electron chi connectivity index (χ2n) is 6.80. The number of esters is 1. The maximum Gasteiger partial charge on any atom is 0.336 e. The molecule has 0 bridgehead atoms. The molecule has 154 valence electrons. The predicted molar refractivity (Wildman–Crippen MR) is 117 cm³/mol. The van der Waals surface area contributed by atoms with Crippen LogP contribution in [0.25, 0.3) is 16.8 Å². The molecular weight excluding hydrogens is 382 g/mol. The normalized spacial score (nSPS) is 11.0. The Bertz CT molecular complexity index is 1090. The van der Waals surface area contributed by atoms with Gasteiger partial charge in [-0.15, -0.1) is 0 Å². The molecule has 3 aromatic carbocycles. The lowest BCUT2D eigenvalue weighted by Gasteiger charge is -2.14. The summed E-state index contributed by atoms with van der Waals surface area (Å²) in [5, 5.41) is 12.9. The number of fused-ring (bicyclic) bond motifs is 1. The van der Waals surface area contributed by atoms with Gasteiger partial charge in [-0.3, -0.25) is 10.1 Å². The summed E-state index contributed by atoms with van der Waals surface area (Å²) >= 11 is 0. The molecule has 0 aromatic heterocycles. The summed E-state index contributed by atoms with van der Waals surface area (Å²) < 4.78 is 10.8. The van der Waals surface area contributed by atoms with Crippen LogP contribution in [0.5, 0.6) is 11.5 Å². The van der Waals surface area contributed by atoms with E-state index in [1.165, 1.54) is 30.3 Å². The zero-order valence-electron chi connectivity index (χ0n) is 17.0. The standard InChI is InChI=1S/C24H23NO5/c1-3-4-7-20-17(16-23(29-2)22-9-6-5-8-21(20)22)10-15-24(26)30-19-13-11-18(12-14-19)25(27)28/h5-6,8-16H,3-4,7H2,1-2H3. The maximum atomic E-state index is 12.3. The summed E-state index contributed by atoms with van der Waals surface area (Å²) in [6.07, 6.45) is 6.07. The lowest BCUT2D eigenvalue weighted by atomic mass is 9.94. The van der Waals surface area contributed by atoms with Gasteiger partial charge in [0.2, 0.25) is 0 Å². The number of rotatable bonds is 8. The smallest absolute Gasteiger partial charge is 0.336 e. The van der Waals surface area contributed by atoms with E-state index in [9.17, 15) is 14.9 Å². The van der Waals surface area contributed by atoms with Gasteiger partial charge < -0.3 is 9.47 Å². The van der Waals surface area contributed by atoms with Gasteiger partial charge in [0.15, 0.2) is 0 Å². The van der Waals surface area contributed by atoms with Gasteiger partial charge in [0, 0.05) is 23.6 Å². The van der Waals surface area contributed by atoms with E-state index in [-0.39, 0.29) is 11.4 Å². The third-order valence-electron chi connectivity index (χ3n) is 4.82. The molecule has 0 atom stereocenters. The highest BCUT2D eigenvalue weighted by Gasteiger charge is 2.12. The van der Waals surface area contributed by atoms with Crippen LogP contribution in [0, 0.1) is 10.1 Å². The van der Waals surface area contributed by atoms with Crippen molar-refractivity contribution in [3.63, 3.8) is 0 Å². The van der Waals surface area contributed by atoms with Crippen molar-refractivity contribution in [2.24, 2.45) is 0 Å². The summed E-state index contributed by atoms with van der Waals surface area (Å²) in [4.78, 5) is 22.5. The van der Waals surface area contributed by atoms with Crippen molar-refractivity contribution in [2.75, 3.05) is 7.11 Å². The molecular formula is C24H23NO5. The Morgan fingerprint density at radius 1 is 1.10 bits per heavy atom. The molecule has 0 saturated heterocycles. The summed E-state index contributed by atoms with van der Waals surface area (Å²) in [5.74, 6) is 0.434. The molecule has 0 amide bonds. The largest absolute Gasteiger partial charge is 0.496 e. The van der Waals surface area contributed by atoms with Crippen LogP contribution in [0.1, 0.15) is 30.9 Å². The predicted octanol–water partition coefficient (Wildman–Crippen LogP) is 5.72. The molecule has 0 unspecified atom stereocenters. The minimum absolute atomic E-state index is 0.0610. The minimum Gasteiger partial charge on any atom is -0.496 e. The molecule has 0 aliphatic heterocycles. The number of nitro benzene ring substituents is 1. The Balaban J connectivity index is 1.88. The van der Waals surface area contributed by atoms with E-state index in [1.807, 2.05) is 24.3 Å². The van der Waals surface area contributed by atoms with Gasteiger partial charge in [-0.1, -0.05) is 37.6 Å². The first-order valence-electron chi connectivity index (χ1n) is 9.76. The van der Waals surface area contributed by atoms with E-state index in [1.54, 1.807) is 13.2 Å². The fraction of sp³-hybridized carbons (Fsp3) is 0.208. The number of carbonyl (C=O) groups is 1. The number of methoxy groups -OCH3 is 1. The fourth-order valence-corrected chi connectivity index (χ4v) is 3.32. The highest BCUT2D eigenvalue weighted by Crippen LogP contribution is 2.33. The number of nitro groups is 1. The number of non-ortho nitro benzene ring substituents is 1. The SMILES string of the molecule is CCCCc1c(C=CC(=O)Oc2ccc([N+](=O)[O-])cc2)cc(OC)c2ccccc12. The Labute approximate surface area is 174 Å². The molecule has 6 nitrogen and oxygen atoms in total. The molecule has 3 rings (SSSR count). The number of hydrogen-bond acceptors (Lipinski definition) is 5. The fourth-order valence-electron chi connectivity index (χ4n) is 3.32. The lowest BCUT2D eigenvalue weighted by Crippen LogP contribution is -2.04. The average Bonchev–Trinajstić information content (AvgIpc) is 2.76. The lowest BCUT2D eigenvalue weighted by molar-refractivity contribution is -0.384. The van der Waals surface area contributed by atoms with Crippen LogP contribution in [0.15, 0.2) is 60.7 Å². The summed E-state index contributed by atoms with van der Waals surface area (Å²) in [6, 6.07) is 15.4. The second-order valence-corrected chi connectivity index (χ2v) is 6.80. The van der Waals surface area contributed by atoms with Crippen LogP contribution < -0.4 is 9.47 Å². The molecule has 30 heavy (non-hydrogen) atoms. The molecule has 0 saturated carbocycles. The highest BCUT2D eigenvalue weighted by molar-refractivity contribution is 5.96. The number of ether oxygens (including phenoxy) is 2. The Morgan fingerprint density at radius 3 is 2.43 bits per heavy atom. The Hall–Kier alpha value is -3.67. The monoisotopic (exact) mass is 405 g/mol. The molecule has 0 N–H and O–H groups in total. The zero-order valence-corrected chi connectivity index (χ0v) is 17.0. The summed E-state index contributed by atoms with van der Waals surface area (Å²) in [5.41, 5.74) is 2.00. The van der Waals surface area contributed by atoms with Crippen molar-refractivity contribution in [1.29, 1.82) is 0 Å². The number of hydrogen-bond donors (Lipinski definition) is 0. The van der Waals surface area contributed by atoms with E-state index < -0.39 is 10.9 Å². The van der Waals surface area contributed by atoms with Crippen LogP contribution >= 0.6 is 0 Å². The summed E-state index contributed by atoms with van der Waals surface area (Å²) in [6.45, 7) is 2.14. The van der Waals surface area contributed by atoms with Crippen molar-refractivity contribution in [3.8, 4) is 11.5 Å². The van der Waals surface area contributed by atoms with Crippen LogP contribution in [0.4, 0.5) is 5.69 Å². The first kappa shape index (κ1) is 21.0. The first-order chi connectivity index (χ1) is 14.5. The second kappa shape index (κ2) is 9.69. The van der Waals surface area contributed by atoms with Crippen molar-refractivity contribution in [2.45, 2.75) is 26.2 Å². The minimum atomic E-state index is -0.558. The highest BCUT2D eigenvalue weighted by atomic mass is 16.6. The van der Waals surface area contributed by atoms with Crippen molar-refractivity contribution < 1.29 is 19.2 Å². The van der Waals surface area contributed by atoms with Crippen LogP contribution in [0.3, 0.4) is 0 Å². The van der Waals surface area contributed by atoms with Crippen LogP contribution in [0.2, 0.25) is 0 Å². The Morgan fingerprint density at radius 2 is 1.80 bits per heavy atom. The van der Waals surface area contributed by atoms with Crippen molar-refractivity contribution in [3.05, 3.63) is 81.9 Å². The van der Waals surface area contributed by atoms with Gasteiger partial charge in [0.25, 0.3) is 5.69 Å². The van der Waals surface area contributed by atoms with Gasteiger partial charge in [-0.05, 0) is 53.6 Å². The van der Waals surface area contributed by atoms with Gasteiger partial charge >= 0.3 is 5.97 Å². The Kier molecular flexibility index (Phi) is 6.80. The number of nitrogens with zero attached hydrogens (tertiary/aromatic N) is 1. The first-order valence-corrected chi connectivity index (χ1v) is 9.76. The van der Waals surface area contributed by atoms with E-state index in [0.717, 1.165) is 46.9 Å². The van der Waals surface area contributed by atoms with E-state index in [4.69, 9.17) is 9.47 Å². The topological polar surface area (TPSA) is 78.7 Å². The average molecular weight is 405 g/mol. The molecule has 3 aromatic rings. The van der Waals surface area contributed by atoms with Gasteiger partial charge in [-0.25, -0.2) is 4.79 Å². The number of carbonyl (C=O) groups excluding carboxylic acids is 1. The maximum absolute atomic E-state index is 12.3. The third-order valence-corrected chi connectivity index (χ3v) is 4.82. The van der Waals surface area contributed by atoms with Gasteiger partial charge in [0.05, 0.1) is 12.0 Å². The molecule has 6 heteroatoms. The number of unbranched alkanes of at least 4 members (excludes halogenated alkanes) is 1. The van der Waals surface area contributed by atoms with E-state index in [0.29, 0.717) is 0 Å². The molecule has 0 heterocycles. The molecule has 0 aliphatic carbocycles. The number of benzene rings is 3. The quantitative estimate of drug-likeness (QED) is 0.157. The summed E-state index contributed by atoms with van der Waals surface area (Å²) in [7, 11) is 1.63. The molecule has 0 spiro atoms. The van der Waals surface area contributed by atoms with Crippen LogP contribution in [-0.2, 0) is 11.2 Å². The van der Waals surface area contributed by atoms with E-state index in [2.05, 4.69) is 13.0 Å². The molecule has 0 fully saturated rings. The zero-order chi connectivity index (χ0) is 21.5. The molecule has 0 radical (unpaired) electrons. The van der Waals surface area contributed by atoms with Gasteiger partial charge in [-0.2, -0.15) is 0 Å².